The van der Waals surface area contributed by atoms with E-state index in [2.05, 4.69) is 36.4 Å². The first-order valence-corrected chi connectivity index (χ1v) is 5.82. The summed E-state index contributed by atoms with van der Waals surface area (Å²) in [4.78, 5) is 24.4. The van der Waals surface area contributed by atoms with E-state index >= 15 is 0 Å². The van der Waals surface area contributed by atoms with Gasteiger partial charge in [0.1, 0.15) is 0 Å². The van der Waals surface area contributed by atoms with Crippen LogP contribution in [-0.4, -0.2) is 48.9 Å². The monoisotopic (exact) mass is 227 g/mol. The van der Waals surface area contributed by atoms with E-state index in [-0.39, 0.29) is 24.3 Å². The van der Waals surface area contributed by atoms with Gasteiger partial charge in [0.25, 0.3) is 0 Å². The minimum absolute atomic E-state index is 0.183. The molecule has 1 heterocycles. The zero-order valence-electron chi connectivity index (χ0n) is 10.2. The van der Waals surface area contributed by atoms with Crippen LogP contribution >= 0.6 is 0 Å². The Morgan fingerprint density at radius 2 is 2.25 bits per heavy atom. The third-order valence-corrected chi connectivity index (χ3v) is 3.17. The Hall–Kier alpha value is -0.940. The van der Waals surface area contributed by atoms with E-state index in [1.807, 2.05) is 0 Å². The zero-order valence-corrected chi connectivity index (χ0v) is 10.2. The van der Waals surface area contributed by atoms with E-state index in [0.717, 1.165) is 19.5 Å². The number of carbonyl (C=O) groups is 2. The second-order valence-corrected chi connectivity index (χ2v) is 4.36. The van der Waals surface area contributed by atoms with Crippen molar-refractivity contribution >= 4 is 11.8 Å². The second-order valence-electron chi connectivity index (χ2n) is 4.36. The van der Waals surface area contributed by atoms with Gasteiger partial charge in [-0.3, -0.25) is 14.9 Å². The highest BCUT2D eigenvalue weighted by Crippen LogP contribution is 2.02. The zero-order chi connectivity index (χ0) is 12.1. The maximum Gasteiger partial charge on any atom is 0.244 e. The molecular formula is C11H21N3O2. The van der Waals surface area contributed by atoms with Crippen LogP contribution in [0.25, 0.3) is 0 Å². The van der Waals surface area contributed by atoms with Gasteiger partial charge in [0.2, 0.25) is 11.8 Å². The molecule has 92 valence electrons. The first-order valence-electron chi connectivity index (χ1n) is 5.82. The van der Waals surface area contributed by atoms with Crippen LogP contribution in [0.3, 0.4) is 0 Å². The molecule has 2 N–H and O–H groups in total. The van der Waals surface area contributed by atoms with Crippen molar-refractivity contribution in [1.29, 1.82) is 0 Å². The predicted octanol–water partition coefficient (Wildman–Crippen LogP) is -0.279. The second kappa shape index (κ2) is 5.96. The van der Waals surface area contributed by atoms with Crippen LogP contribution in [-0.2, 0) is 9.59 Å². The number of carbonyl (C=O) groups excluding carboxylic acids is 2. The first kappa shape index (κ1) is 13.1. The lowest BCUT2D eigenvalue weighted by molar-refractivity contribution is -0.125. The van der Waals surface area contributed by atoms with Crippen molar-refractivity contribution in [1.82, 2.24) is 15.5 Å². The van der Waals surface area contributed by atoms with Crippen LogP contribution in [0.5, 0.6) is 0 Å². The molecule has 16 heavy (non-hydrogen) atoms. The van der Waals surface area contributed by atoms with Gasteiger partial charge >= 0.3 is 0 Å². The van der Waals surface area contributed by atoms with Gasteiger partial charge in [0, 0.05) is 19.1 Å². The summed E-state index contributed by atoms with van der Waals surface area (Å²) in [6.07, 6.45) is 1.38. The SMILES string of the molecule is CCC(C)N(C)CCNC1CC(=O)NC1=O. The number of nitrogens with one attached hydrogen (secondary N) is 2. The predicted molar refractivity (Wildman–Crippen MR) is 61.9 cm³/mol. The van der Waals surface area contributed by atoms with Crippen LogP contribution in [0.15, 0.2) is 0 Å². The summed E-state index contributed by atoms with van der Waals surface area (Å²) in [5.74, 6) is -0.381. The summed E-state index contributed by atoms with van der Waals surface area (Å²) in [5, 5.41) is 5.38. The van der Waals surface area contributed by atoms with Gasteiger partial charge in [-0.1, -0.05) is 6.92 Å². The fourth-order valence-electron chi connectivity index (χ4n) is 1.67. The Morgan fingerprint density at radius 3 is 2.75 bits per heavy atom. The summed E-state index contributed by atoms with van der Waals surface area (Å²) in [6.45, 7) is 5.93. The van der Waals surface area contributed by atoms with Crippen molar-refractivity contribution in [2.24, 2.45) is 0 Å². The van der Waals surface area contributed by atoms with E-state index in [1.165, 1.54) is 0 Å². The highest BCUT2D eigenvalue weighted by Gasteiger charge is 2.29. The van der Waals surface area contributed by atoms with Crippen molar-refractivity contribution in [3.8, 4) is 0 Å². The van der Waals surface area contributed by atoms with E-state index in [1.54, 1.807) is 0 Å². The molecule has 1 aliphatic rings. The molecule has 0 aromatic rings. The lowest BCUT2D eigenvalue weighted by Crippen LogP contribution is -2.41. The standard InChI is InChI=1S/C11H21N3O2/c1-4-8(2)14(3)6-5-12-9-7-10(15)13-11(9)16/h8-9,12H,4-7H2,1-3H3,(H,13,15,16). The summed E-state index contributed by atoms with van der Waals surface area (Å²) < 4.78 is 0. The van der Waals surface area contributed by atoms with Crippen molar-refractivity contribution in [3.63, 3.8) is 0 Å². The molecule has 2 unspecified atom stereocenters. The van der Waals surface area contributed by atoms with E-state index in [9.17, 15) is 9.59 Å². The summed E-state index contributed by atoms with van der Waals surface area (Å²) in [7, 11) is 2.07. The van der Waals surface area contributed by atoms with Gasteiger partial charge < -0.3 is 10.2 Å². The van der Waals surface area contributed by atoms with Gasteiger partial charge in [-0.25, -0.2) is 0 Å². The minimum atomic E-state index is -0.335. The highest BCUT2D eigenvalue weighted by atomic mass is 16.2. The molecule has 2 amide bonds. The number of imide groups is 1. The number of nitrogens with zero attached hydrogens (tertiary/aromatic N) is 1. The molecule has 0 bridgehead atoms. The third kappa shape index (κ3) is 3.57. The Kier molecular flexibility index (Phi) is 4.89. The van der Waals surface area contributed by atoms with E-state index in [4.69, 9.17) is 0 Å². The molecule has 1 aliphatic heterocycles. The topological polar surface area (TPSA) is 61.4 Å². The molecule has 0 radical (unpaired) electrons. The fourth-order valence-corrected chi connectivity index (χ4v) is 1.67. The summed E-state index contributed by atoms with van der Waals surface area (Å²) in [5.41, 5.74) is 0. The average molecular weight is 227 g/mol. The number of likely N-dealkylation sites (N-methyl/N-ethyl adjacent to an activating group) is 1. The third-order valence-electron chi connectivity index (χ3n) is 3.17. The Balaban J connectivity index is 2.20. The number of rotatable bonds is 6. The molecule has 0 aromatic heterocycles. The number of amides is 2. The van der Waals surface area contributed by atoms with E-state index < -0.39 is 0 Å². The smallest absolute Gasteiger partial charge is 0.244 e. The van der Waals surface area contributed by atoms with Crippen LogP contribution in [0.1, 0.15) is 26.7 Å². The Bertz CT molecular complexity index is 268. The maximum absolute atomic E-state index is 11.2. The van der Waals surface area contributed by atoms with Crippen LogP contribution in [0.4, 0.5) is 0 Å². The van der Waals surface area contributed by atoms with Crippen LogP contribution in [0.2, 0.25) is 0 Å². The summed E-state index contributed by atoms with van der Waals surface area (Å²) >= 11 is 0. The van der Waals surface area contributed by atoms with Gasteiger partial charge in [-0.2, -0.15) is 0 Å². The van der Waals surface area contributed by atoms with Crippen LogP contribution in [0, 0.1) is 0 Å². The minimum Gasteiger partial charge on any atom is -0.304 e. The first-order chi connectivity index (χ1) is 7.54. The molecular weight excluding hydrogens is 206 g/mol. The normalized spacial score (nSPS) is 22.6. The molecule has 0 aromatic carbocycles. The quantitative estimate of drug-likeness (QED) is 0.613. The maximum atomic E-state index is 11.2. The fraction of sp³-hybridized carbons (Fsp3) is 0.818. The molecule has 5 nitrogen and oxygen atoms in total. The highest BCUT2D eigenvalue weighted by molar-refractivity contribution is 6.05. The number of hydrogen-bond donors (Lipinski definition) is 2. The average Bonchev–Trinajstić information content (AvgIpc) is 2.56. The van der Waals surface area contributed by atoms with Crippen molar-refractivity contribution in [2.45, 2.75) is 38.8 Å². The molecule has 0 spiro atoms. The Morgan fingerprint density at radius 1 is 1.56 bits per heavy atom. The molecule has 1 saturated heterocycles. The molecule has 2 atom stereocenters. The van der Waals surface area contributed by atoms with Crippen molar-refractivity contribution in [2.75, 3.05) is 20.1 Å². The molecule has 0 aliphatic carbocycles. The lowest BCUT2D eigenvalue weighted by atomic mass is 10.2. The molecule has 0 saturated carbocycles. The Labute approximate surface area is 96.6 Å². The molecule has 5 heteroatoms. The van der Waals surface area contributed by atoms with Gasteiger partial charge in [-0.05, 0) is 20.4 Å². The lowest BCUT2D eigenvalue weighted by Gasteiger charge is -2.24. The van der Waals surface area contributed by atoms with Crippen LogP contribution < -0.4 is 10.6 Å². The van der Waals surface area contributed by atoms with Gasteiger partial charge in [0.15, 0.2) is 0 Å². The van der Waals surface area contributed by atoms with Crippen molar-refractivity contribution < 1.29 is 9.59 Å². The largest absolute Gasteiger partial charge is 0.304 e. The number of hydrogen-bond acceptors (Lipinski definition) is 4. The van der Waals surface area contributed by atoms with Gasteiger partial charge in [-0.15, -0.1) is 0 Å². The van der Waals surface area contributed by atoms with E-state index in [0.29, 0.717) is 6.04 Å². The van der Waals surface area contributed by atoms with Crippen molar-refractivity contribution in [3.05, 3.63) is 0 Å². The van der Waals surface area contributed by atoms with Gasteiger partial charge in [0.05, 0.1) is 12.5 Å². The summed E-state index contributed by atoms with van der Waals surface area (Å²) in [6, 6.07) is 0.207. The molecule has 1 fully saturated rings. The molecule has 1 rings (SSSR count).